The lowest BCUT2D eigenvalue weighted by atomic mass is 9.97. The number of hydrogen-bond donors (Lipinski definition) is 0. The average Bonchev–Trinajstić information content (AvgIpc) is 2.42. The summed E-state index contributed by atoms with van der Waals surface area (Å²) in [7, 11) is 0. The second-order valence-electron chi connectivity index (χ2n) is 4.00. The van der Waals surface area contributed by atoms with Gasteiger partial charge in [-0.3, -0.25) is 0 Å². The zero-order chi connectivity index (χ0) is 12.8. The lowest BCUT2D eigenvalue weighted by Gasteiger charge is -2.11. The van der Waals surface area contributed by atoms with Crippen LogP contribution in [-0.2, 0) is 0 Å². The normalized spacial score (nSPS) is 9.83. The molecule has 0 aliphatic rings. The zero-order valence-corrected chi connectivity index (χ0v) is 10.9. The van der Waals surface area contributed by atoms with Crippen LogP contribution >= 0.6 is 11.6 Å². The Bertz CT molecular complexity index is 497. The number of rotatable bonds is 4. The van der Waals surface area contributed by atoms with Crippen molar-refractivity contribution in [3.05, 3.63) is 89.5 Å². The van der Waals surface area contributed by atoms with Crippen molar-refractivity contribution < 1.29 is 0 Å². The fraction of sp³-hybridized carbons (Fsp3) is 0.0588. The molecule has 0 heterocycles. The van der Waals surface area contributed by atoms with E-state index in [1.54, 1.807) is 0 Å². The summed E-state index contributed by atoms with van der Waals surface area (Å²) in [6, 6.07) is 20.4. The van der Waals surface area contributed by atoms with Gasteiger partial charge in [-0.15, -0.1) is 6.58 Å². The highest BCUT2D eigenvalue weighted by Gasteiger charge is 2.08. The van der Waals surface area contributed by atoms with Crippen LogP contribution < -0.4 is 0 Å². The van der Waals surface area contributed by atoms with E-state index < -0.39 is 0 Å². The minimum absolute atomic E-state index is 0.681. The van der Waals surface area contributed by atoms with Crippen LogP contribution in [0.25, 0.3) is 5.57 Å². The molecule has 0 bridgehead atoms. The Balaban J connectivity index is 2.56. The minimum atomic E-state index is 0.681. The van der Waals surface area contributed by atoms with Crippen molar-refractivity contribution in [1.29, 1.82) is 0 Å². The summed E-state index contributed by atoms with van der Waals surface area (Å²) in [6.07, 6.45) is 2.51. The molecule has 1 heteroatoms. The van der Waals surface area contributed by atoms with E-state index in [1.807, 2.05) is 42.5 Å². The molecule has 0 spiro atoms. The number of hydrogen-bond acceptors (Lipinski definition) is 0. The van der Waals surface area contributed by atoms with Gasteiger partial charge in [-0.1, -0.05) is 78.3 Å². The summed E-state index contributed by atoms with van der Waals surface area (Å²) in [4.78, 5) is 0. The van der Waals surface area contributed by atoms with E-state index in [0.717, 1.165) is 21.7 Å². The predicted molar refractivity (Wildman–Crippen MR) is 79.6 cm³/mol. The first-order valence-corrected chi connectivity index (χ1v) is 6.31. The number of benzene rings is 2. The summed E-state index contributed by atoms with van der Waals surface area (Å²) >= 11 is 6.42. The zero-order valence-electron chi connectivity index (χ0n) is 10.1. The van der Waals surface area contributed by atoms with Gasteiger partial charge in [-0.05, 0) is 11.1 Å². The van der Waals surface area contributed by atoms with Crippen molar-refractivity contribution in [2.24, 2.45) is 0 Å². The first kappa shape index (κ1) is 12.7. The van der Waals surface area contributed by atoms with Gasteiger partial charge >= 0.3 is 0 Å². The standard InChI is InChI=1S/C17H15Cl/c1-2-9-16(18)17(14-10-5-3-6-11-14)15-12-7-4-8-13-15/h2-8,10-13H,1,9H2. The molecular formula is C17H15Cl. The third-order valence-corrected chi connectivity index (χ3v) is 3.06. The molecule has 2 aromatic rings. The molecule has 0 aromatic heterocycles. The van der Waals surface area contributed by atoms with Crippen molar-refractivity contribution in [1.82, 2.24) is 0 Å². The van der Waals surface area contributed by atoms with E-state index in [-0.39, 0.29) is 0 Å². The summed E-state index contributed by atoms with van der Waals surface area (Å²) in [5.41, 5.74) is 3.35. The van der Waals surface area contributed by atoms with Crippen LogP contribution in [0, 0.1) is 0 Å². The lowest BCUT2D eigenvalue weighted by Crippen LogP contribution is -1.90. The van der Waals surface area contributed by atoms with E-state index in [0.29, 0.717) is 6.42 Å². The SMILES string of the molecule is C=CCC(Cl)=C(c1ccccc1)c1ccccc1. The number of allylic oxidation sites excluding steroid dienone is 2. The molecule has 0 N–H and O–H groups in total. The average molecular weight is 255 g/mol. The van der Waals surface area contributed by atoms with Gasteiger partial charge in [0.25, 0.3) is 0 Å². The predicted octanol–water partition coefficient (Wildman–Crippen LogP) is 5.26. The fourth-order valence-electron chi connectivity index (χ4n) is 1.92. The Morgan fingerprint density at radius 1 is 0.889 bits per heavy atom. The van der Waals surface area contributed by atoms with Crippen molar-refractivity contribution in [2.75, 3.05) is 0 Å². The molecule has 0 unspecified atom stereocenters. The van der Waals surface area contributed by atoms with E-state index in [9.17, 15) is 0 Å². The molecule has 0 aliphatic carbocycles. The minimum Gasteiger partial charge on any atom is -0.103 e. The molecule has 0 saturated carbocycles. The third-order valence-electron chi connectivity index (χ3n) is 2.72. The molecule has 2 rings (SSSR count). The van der Waals surface area contributed by atoms with Gasteiger partial charge < -0.3 is 0 Å². The van der Waals surface area contributed by atoms with Crippen molar-refractivity contribution in [2.45, 2.75) is 6.42 Å². The molecule has 2 aromatic carbocycles. The molecule has 0 saturated heterocycles. The molecule has 0 amide bonds. The molecule has 90 valence electrons. The van der Waals surface area contributed by atoms with Crippen LogP contribution in [0.15, 0.2) is 78.4 Å². The summed E-state index contributed by atoms with van der Waals surface area (Å²) in [6.45, 7) is 3.75. The van der Waals surface area contributed by atoms with Crippen LogP contribution in [-0.4, -0.2) is 0 Å². The monoisotopic (exact) mass is 254 g/mol. The van der Waals surface area contributed by atoms with E-state index >= 15 is 0 Å². The first-order chi connectivity index (χ1) is 8.83. The van der Waals surface area contributed by atoms with Crippen LogP contribution in [0.3, 0.4) is 0 Å². The van der Waals surface area contributed by atoms with E-state index in [2.05, 4.69) is 30.8 Å². The summed E-state index contributed by atoms with van der Waals surface area (Å²) < 4.78 is 0. The lowest BCUT2D eigenvalue weighted by molar-refractivity contribution is 1.35. The van der Waals surface area contributed by atoms with Gasteiger partial charge in [0.2, 0.25) is 0 Å². The van der Waals surface area contributed by atoms with Crippen molar-refractivity contribution in [3.63, 3.8) is 0 Å². The highest BCUT2D eigenvalue weighted by molar-refractivity contribution is 6.33. The molecule has 0 fully saturated rings. The Morgan fingerprint density at radius 3 is 1.72 bits per heavy atom. The Hall–Kier alpha value is -1.79. The molecule has 0 aliphatic heterocycles. The highest BCUT2D eigenvalue weighted by Crippen LogP contribution is 2.30. The number of halogens is 1. The molecule has 0 radical (unpaired) electrons. The van der Waals surface area contributed by atoms with Gasteiger partial charge in [-0.2, -0.15) is 0 Å². The second-order valence-corrected chi connectivity index (χ2v) is 4.46. The Morgan fingerprint density at radius 2 is 1.33 bits per heavy atom. The van der Waals surface area contributed by atoms with Crippen LogP contribution in [0.4, 0.5) is 0 Å². The third kappa shape index (κ3) is 2.91. The smallest absolute Gasteiger partial charge is 0.0302 e. The molecule has 0 nitrogen and oxygen atoms in total. The van der Waals surface area contributed by atoms with Crippen LogP contribution in [0.1, 0.15) is 17.5 Å². The summed E-state index contributed by atoms with van der Waals surface area (Å²) in [5.74, 6) is 0. The maximum Gasteiger partial charge on any atom is 0.0302 e. The Kier molecular flexibility index (Phi) is 4.38. The van der Waals surface area contributed by atoms with Gasteiger partial charge in [0.15, 0.2) is 0 Å². The van der Waals surface area contributed by atoms with Gasteiger partial charge in [0, 0.05) is 17.0 Å². The summed E-state index contributed by atoms with van der Waals surface area (Å²) in [5, 5.41) is 0.822. The maximum atomic E-state index is 6.42. The van der Waals surface area contributed by atoms with Crippen molar-refractivity contribution in [3.8, 4) is 0 Å². The largest absolute Gasteiger partial charge is 0.103 e. The first-order valence-electron chi connectivity index (χ1n) is 5.93. The van der Waals surface area contributed by atoms with Gasteiger partial charge in [0.1, 0.15) is 0 Å². The van der Waals surface area contributed by atoms with Gasteiger partial charge in [0.05, 0.1) is 0 Å². The van der Waals surface area contributed by atoms with E-state index in [4.69, 9.17) is 11.6 Å². The van der Waals surface area contributed by atoms with Crippen LogP contribution in [0.5, 0.6) is 0 Å². The van der Waals surface area contributed by atoms with E-state index in [1.165, 1.54) is 0 Å². The quantitative estimate of drug-likeness (QED) is 0.653. The van der Waals surface area contributed by atoms with Crippen molar-refractivity contribution >= 4 is 17.2 Å². The second kappa shape index (κ2) is 6.23. The van der Waals surface area contributed by atoms with Gasteiger partial charge in [-0.25, -0.2) is 0 Å². The van der Waals surface area contributed by atoms with Crippen LogP contribution in [0.2, 0.25) is 0 Å². The molecule has 18 heavy (non-hydrogen) atoms. The fourth-order valence-corrected chi connectivity index (χ4v) is 2.25. The highest BCUT2D eigenvalue weighted by atomic mass is 35.5. The maximum absolute atomic E-state index is 6.42. The topological polar surface area (TPSA) is 0 Å². The molecule has 0 atom stereocenters. The Labute approximate surface area is 113 Å². The molecular weight excluding hydrogens is 240 g/mol.